The van der Waals surface area contributed by atoms with Gasteiger partial charge in [0.15, 0.2) is 17.5 Å². The van der Waals surface area contributed by atoms with Crippen LogP contribution in [-0.2, 0) is 0 Å². The van der Waals surface area contributed by atoms with Gasteiger partial charge in [-0.15, -0.1) is 0 Å². The van der Waals surface area contributed by atoms with Gasteiger partial charge in [0.25, 0.3) is 0 Å². The summed E-state index contributed by atoms with van der Waals surface area (Å²) in [5, 5.41) is 24.7. The molecule has 0 aliphatic heterocycles. The second-order valence-electron chi connectivity index (χ2n) is 17.8. The van der Waals surface area contributed by atoms with E-state index in [-0.39, 0.29) is 0 Å². The molecule has 0 fully saturated rings. The lowest BCUT2D eigenvalue weighted by Gasteiger charge is -2.17. The molecule has 10 aromatic carbocycles. The van der Waals surface area contributed by atoms with Crippen LogP contribution in [0.15, 0.2) is 237 Å². The molecule has 72 heavy (non-hydrogen) atoms. The summed E-state index contributed by atoms with van der Waals surface area (Å²) < 4.78 is 4.65. The molecule has 0 atom stereocenters. The highest BCUT2D eigenvalue weighted by Gasteiger charge is 2.23. The van der Waals surface area contributed by atoms with Crippen molar-refractivity contribution in [2.24, 2.45) is 0 Å². The molecule has 0 aliphatic carbocycles. The molecule has 3 heterocycles. The second kappa shape index (κ2) is 17.4. The average Bonchev–Trinajstić information content (AvgIpc) is 3.97. The highest BCUT2D eigenvalue weighted by Crippen LogP contribution is 2.44. The third-order valence-electron chi connectivity index (χ3n) is 13.7. The van der Waals surface area contributed by atoms with E-state index < -0.39 is 0 Å². The number of nitriles is 2. The quantitative estimate of drug-likeness (QED) is 0.151. The van der Waals surface area contributed by atoms with Gasteiger partial charge in [-0.2, -0.15) is 10.5 Å². The van der Waals surface area contributed by atoms with Crippen molar-refractivity contribution in [1.82, 2.24) is 24.1 Å². The summed E-state index contributed by atoms with van der Waals surface area (Å²) in [7, 11) is 0. The molecule has 7 heteroatoms. The molecule has 3 aromatic heterocycles. The summed E-state index contributed by atoms with van der Waals surface area (Å²) in [4.78, 5) is 15.8. The van der Waals surface area contributed by atoms with Gasteiger partial charge in [-0.05, 0) is 106 Å². The number of rotatable bonds is 8. The van der Waals surface area contributed by atoms with Crippen LogP contribution in [0.2, 0.25) is 0 Å². The molecule has 0 saturated carbocycles. The number of hydrogen-bond donors (Lipinski definition) is 0. The molecular weight excluding hydrogens is 879 g/mol. The Balaban J connectivity index is 1.13. The van der Waals surface area contributed by atoms with Crippen LogP contribution in [0.5, 0.6) is 0 Å². The fraction of sp³-hybridized carbons (Fsp3) is 0. The summed E-state index contributed by atoms with van der Waals surface area (Å²) in [6.45, 7) is 0. The van der Waals surface area contributed by atoms with E-state index in [2.05, 4.69) is 149 Å². The molecule has 0 unspecified atom stereocenters. The van der Waals surface area contributed by atoms with E-state index in [9.17, 15) is 10.5 Å². The molecule has 7 nitrogen and oxygen atoms in total. The lowest BCUT2D eigenvalue weighted by Crippen LogP contribution is -2.04. The van der Waals surface area contributed by atoms with Crippen molar-refractivity contribution in [3.05, 3.63) is 248 Å². The van der Waals surface area contributed by atoms with Gasteiger partial charge in [0.05, 0.1) is 51.0 Å². The minimum Gasteiger partial charge on any atom is -0.309 e. The maximum absolute atomic E-state index is 10.2. The number of para-hydroxylation sites is 2. The zero-order valence-electron chi connectivity index (χ0n) is 38.6. The molecule has 0 bridgehead atoms. The third-order valence-corrected chi connectivity index (χ3v) is 13.7. The molecule has 0 saturated heterocycles. The Bertz CT molecular complexity index is 4180. The van der Waals surface area contributed by atoms with E-state index in [1.54, 1.807) is 0 Å². The highest BCUT2D eigenvalue weighted by atomic mass is 15.1. The SMILES string of the molecule is N#Cc1ccccc1-c1ccc2c(c1)c1cc(-c3ccccc3C#N)ccc1n2-c1ccc(-c2cccc3c2c2ccccc2n3-c2ccccc2)cc1-c1nc(-c2ccccc2)nc(-c2ccccc2)n1. The van der Waals surface area contributed by atoms with Crippen molar-refractivity contribution < 1.29 is 0 Å². The molecule has 0 radical (unpaired) electrons. The Morgan fingerprint density at radius 1 is 0.306 bits per heavy atom. The van der Waals surface area contributed by atoms with Crippen LogP contribution in [0.1, 0.15) is 11.1 Å². The summed E-state index contributed by atoms with van der Waals surface area (Å²) in [5.41, 5.74) is 15.5. The summed E-state index contributed by atoms with van der Waals surface area (Å²) in [5.74, 6) is 1.65. The predicted octanol–water partition coefficient (Wildman–Crippen LogP) is 15.8. The first-order chi connectivity index (χ1) is 35.6. The van der Waals surface area contributed by atoms with Crippen LogP contribution < -0.4 is 0 Å². The van der Waals surface area contributed by atoms with Gasteiger partial charge in [-0.25, -0.2) is 15.0 Å². The predicted molar refractivity (Wildman–Crippen MR) is 291 cm³/mol. The van der Waals surface area contributed by atoms with Crippen molar-refractivity contribution in [2.45, 2.75) is 0 Å². The van der Waals surface area contributed by atoms with Gasteiger partial charge in [0.1, 0.15) is 0 Å². The third kappa shape index (κ3) is 7.00. The lowest BCUT2D eigenvalue weighted by atomic mass is 9.96. The monoisotopic (exact) mass is 917 g/mol. The average molecular weight is 918 g/mol. The molecule has 334 valence electrons. The van der Waals surface area contributed by atoms with Crippen molar-refractivity contribution in [3.8, 4) is 91.1 Å². The molecular formula is C65H39N7. The second-order valence-corrected chi connectivity index (χ2v) is 17.8. The Hall–Kier alpha value is -10.2. The van der Waals surface area contributed by atoms with Gasteiger partial charge < -0.3 is 9.13 Å². The fourth-order valence-corrected chi connectivity index (χ4v) is 10.4. The minimum absolute atomic E-state index is 0.521. The number of benzene rings is 10. The molecule has 13 rings (SSSR count). The molecule has 0 aliphatic rings. The van der Waals surface area contributed by atoms with E-state index >= 15 is 0 Å². The summed E-state index contributed by atoms with van der Waals surface area (Å²) in [6, 6.07) is 85.6. The first kappa shape index (κ1) is 41.9. The normalized spacial score (nSPS) is 11.3. The number of hydrogen-bond acceptors (Lipinski definition) is 5. The van der Waals surface area contributed by atoms with E-state index in [4.69, 9.17) is 15.0 Å². The van der Waals surface area contributed by atoms with Crippen molar-refractivity contribution in [2.75, 3.05) is 0 Å². The maximum atomic E-state index is 10.2. The van der Waals surface area contributed by atoms with E-state index in [1.165, 1.54) is 0 Å². The Labute approximate surface area is 415 Å². The maximum Gasteiger partial charge on any atom is 0.166 e. The van der Waals surface area contributed by atoms with Gasteiger partial charge in [-0.3, -0.25) is 0 Å². The van der Waals surface area contributed by atoms with Crippen molar-refractivity contribution in [3.63, 3.8) is 0 Å². The van der Waals surface area contributed by atoms with Crippen LogP contribution in [-0.4, -0.2) is 24.1 Å². The topological polar surface area (TPSA) is 96.1 Å². The Morgan fingerprint density at radius 2 is 0.764 bits per heavy atom. The minimum atomic E-state index is 0.521. The molecule has 0 amide bonds. The number of fused-ring (bicyclic) bond motifs is 6. The van der Waals surface area contributed by atoms with Crippen molar-refractivity contribution >= 4 is 43.6 Å². The zero-order valence-corrected chi connectivity index (χ0v) is 38.6. The fourth-order valence-electron chi connectivity index (χ4n) is 10.4. The van der Waals surface area contributed by atoms with Crippen LogP contribution in [0, 0.1) is 22.7 Å². The molecule has 0 spiro atoms. The van der Waals surface area contributed by atoms with Gasteiger partial charge in [0.2, 0.25) is 0 Å². The van der Waals surface area contributed by atoms with Gasteiger partial charge in [-0.1, -0.05) is 164 Å². The summed E-state index contributed by atoms with van der Waals surface area (Å²) >= 11 is 0. The molecule has 0 N–H and O–H groups in total. The highest BCUT2D eigenvalue weighted by molar-refractivity contribution is 6.16. The van der Waals surface area contributed by atoms with Crippen molar-refractivity contribution in [1.29, 1.82) is 10.5 Å². The van der Waals surface area contributed by atoms with E-state index in [1.807, 2.05) is 109 Å². The first-order valence-electron chi connectivity index (χ1n) is 23.8. The van der Waals surface area contributed by atoms with Crippen LogP contribution >= 0.6 is 0 Å². The lowest BCUT2D eigenvalue weighted by molar-refractivity contribution is 1.06. The summed E-state index contributed by atoms with van der Waals surface area (Å²) in [6.07, 6.45) is 0. The van der Waals surface area contributed by atoms with E-state index in [0.29, 0.717) is 28.6 Å². The van der Waals surface area contributed by atoms with Gasteiger partial charge >= 0.3 is 0 Å². The smallest absolute Gasteiger partial charge is 0.166 e. The first-order valence-corrected chi connectivity index (χ1v) is 23.8. The van der Waals surface area contributed by atoms with E-state index in [0.717, 1.165) is 105 Å². The standard InChI is InChI=1S/C65H39N7/c66-40-47-21-10-12-25-50(47)44-31-34-58-54(37-44)55-38-45(51-26-13-11-22-48(51)41-67)32-35-59(55)72(58)60-36-33-46(52-28-16-30-61-62(52)53-27-14-15-29-57(53)71(61)49-23-8-3-9-24-49)39-56(60)65-69-63(42-17-4-1-5-18-42)68-64(70-65)43-19-6-2-7-20-43/h1-39H. The zero-order chi connectivity index (χ0) is 48.1. The van der Waals surface area contributed by atoms with Crippen LogP contribution in [0.4, 0.5) is 0 Å². The van der Waals surface area contributed by atoms with Crippen LogP contribution in [0.25, 0.3) is 123 Å². The van der Waals surface area contributed by atoms with Gasteiger partial charge in [0, 0.05) is 43.9 Å². The number of nitrogens with zero attached hydrogens (tertiary/aromatic N) is 7. The van der Waals surface area contributed by atoms with Crippen LogP contribution in [0.3, 0.4) is 0 Å². The Kier molecular flexibility index (Phi) is 10.1. The largest absolute Gasteiger partial charge is 0.309 e. The Morgan fingerprint density at radius 3 is 1.36 bits per heavy atom. The molecule has 13 aromatic rings. The number of aromatic nitrogens is 5.